The highest BCUT2D eigenvalue weighted by atomic mass is 15.2. The molecule has 2 nitrogen and oxygen atoms in total. The van der Waals surface area contributed by atoms with Gasteiger partial charge in [-0.2, -0.15) is 0 Å². The zero-order valence-electron chi connectivity index (χ0n) is 8.42. The third kappa shape index (κ3) is 2.46. The molecule has 1 rings (SSSR count). The van der Waals surface area contributed by atoms with E-state index in [-0.39, 0.29) is 0 Å². The van der Waals surface area contributed by atoms with E-state index in [9.17, 15) is 0 Å². The number of hydrogen-bond acceptors (Lipinski definition) is 2. The molecule has 72 valence electrons. The molecule has 0 spiro atoms. The molecular weight excluding hydrogens is 148 g/mol. The first-order valence-corrected chi connectivity index (χ1v) is 5.21. The van der Waals surface area contributed by atoms with E-state index in [0.717, 1.165) is 0 Å². The third-order valence-corrected chi connectivity index (χ3v) is 2.96. The summed E-state index contributed by atoms with van der Waals surface area (Å²) in [4.78, 5) is 2.42. The summed E-state index contributed by atoms with van der Waals surface area (Å²) in [5.74, 6) is 0. The van der Waals surface area contributed by atoms with Gasteiger partial charge in [0, 0.05) is 12.1 Å². The molecule has 0 bridgehead atoms. The normalized spacial score (nSPS) is 27.8. The Balaban J connectivity index is 2.25. The van der Waals surface area contributed by atoms with E-state index in [2.05, 4.69) is 18.9 Å². The minimum absolute atomic E-state index is 0.414. The molecule has 0 saturated carbocycles. The molecule has 1 fully saturated rings. The predicted octanol–water partition coefficient (Wildman–Crippen LogP) is 1.60. The van der Waals surface area contributed by atoms with Crippen molar-refractivity contribution in [1.82, 2.24) is 4.90 Å². The Morgan fingerprint density at radius 2 is 2.33 bits per heavy atom. The average molecular weight is 170 g/mol. The predicted molar refractivity (Wildman–Crippen MR) is 53.2 cm³/mol. The van der Waals surface area contributed by atoms with Crippen LogP contribution in [-0.4, -0.2) is 30.6 Å². The molecule has 0 amide bonds. The molecular formula is C10H22N2. The van der Waals surface area contributed by atoms with Crippen LogP contribution in [0.15, 0.2) is 0 Å². The minimum Gasteiger partial charge on any atom is -0.326 e. The topological polar surface area (TPSA) is 29.3 Å². The van der Waals surface area contributed by atoms with Crippen LogP contribution in [0, 0.1) is 0 Å². The van der Waals surface area contributed by atoms with Crippen molar-refractivity contribution in [2.45, 2.75) is 51.1 Å². The molecule has 2 unspecified atom stereocenters. The summed E-state index contributed by atoms with van der Waals surface area (Å²) in [5, 5.41) is 0. The maximum absolute atomic E-state index is 6.11. The number of likely N-dealkylation sites (tertiary alicyclic amines) is 1. The maximum Gasteiger partial charge on any atom is 0.0244 e. The smallest absolute Gasteiger partial charge is 0.0244 e. The van der Waals surface area contributed by atoms with Gasteiger partial charge in [0.05, 0.1) is 0 Å². The van der Waals surface area contributed by atoms with E-state index in [1.807, 2.05) is 0 Å². The van der Waals surface area contributed by atoms with Crippen LogP contribution in [0.5, 0.6) is 0 Å². The number of nitrogens with zero attached hydrogens (tertiary/aromatic N) is 1. The van der Waals surface area contributed by atoms with Crippen LogP contribution < -0.4 is 5.73 Å². The van der Waals surface area contributed by atoms with Crippen molar-refractivity contribution in [3.8, 4) is 0 Å². The summed E-state index contributed by atoms with van der Waals surface area (Å²) < 4.78 is 0. The maximum atomic E-state index is 6.11. The van der Waals surface area contributed by atoms with Crippen molar-refractivity contribution in [3.05, 3.63) is 0 Å². The Bertz CT molecular complexity index is 125. The molecule has 1 aliphatic rings. The van der Waals surface area contributed by atoms with Crippen molar-refractivity contribution < 1.29 is 0 Å². The highest BCUT2D eigenvalue weighted by Gasteiger charge is 2.25. The lowest BCUT2D eigenvalue weighted by Crippen LogP contribution is -2.42. The average Bonchev–Trinajstić information content (AvgIpc) is 2.47. The third-order valence-electron chi connectivity index (χ3n) is 2.96. The van der Waals surface area contributed by atoms with Crippen LogP contribution in [0.1, 0.15) is 39.0 Å². The lowest BCUT2D eigenvalue weighted by atomic mass is 10.0. The molecule has 12 heavy (non-hydrogen) atoms. The second kappa shape index (κ2) is 4.83. The first-order chi connectivity index (χ1) is 5.75. The van der Waals surface area contributed by atoms with Gasteiger partial charge in [-0.05, 0) is 32.9 Å². The Hall–Kier alpha value is -0.0800. The van der Waals surface area contributed by atoms with Crippen molar-refractivity contribution >= 4 is 0 Å². The molecule has 0 radical (unpaired) electrons. The van der Waals surface area contributed by atoms with Gasteiger partial charge in [-0.3, -0.25) is 0 Å². The van der Waals surface area contributed by atoms with E-state index in [1.54, 1.807) is 0 Å². The van der Waals surface area contributed by atoms with Crippen LogP contribution in [0.2, 0.25) is 0 Å². The second-order valence-corrected chi connectivity index (χ2v) is 4.00. The Morgan fingerprint density at radius 1 is 1.58 bits per heavy atom. The lowest BCUT2D eigenvalue weighted by molar-refractivity contribution is 0.261. The molecule has 1 heterocycles. The summed E-state index contributed by atoms with van der Waals surface area (Å²) in [6.45, 7) is 3.47. The Morgan fingerprint density at radius 3 is 2.83 bits per heavy atom. The summed E-state index contributed by atoms with van der Waals surface area (Å²) in [7, 11) is 2.20. The standard InChI is InChI=1S/C10H22N2/c1-3-4-6-9(11)10-7-5-8-12(10)2/h9-10H,3-8,11H2,1-2H3. The molecule has 0 aromatic heterocycles. The van der Waals surface area contributed by atoms with Crippen molar-refractivity contribution in [1.29, 1.82) is 0 Å². The van der Waals surface area contributed by atoms with E-state index in [0.29, 0.717) is 12.1 Å². The first-order valence-electron chi connectivity index (χ1n) is 5.21. The number of hydrogen-bond donors (Lipinski definition) is 1. The summed E-state index contributed by atoms with van der Waals surface area (Å²) in [6.07, 6.45) is 6.39. The van der Waals surface area contributed by atoms with Gasteiger partial charge in [0.1, 0.15) is 0 Å². The molecule has 1 saturated heterocycles. The minimum atomic E-state index is 0.414. The van der Waals surface area contributed by atoms with Gasteiger partial charge in [0.15, 0.2) is 0 Å². The lowest BCUT2D eigenvalue weighted by Gasteiger charge is -2.25. The molecule has 1 aliphatic heterocycles. The molecule has 0 aromatic carbocycles. The van der Waals surface area contributed by atoms with Crippen LogP contribution >= 0.6 is 0 Å². The van der Waals surface area contributed by atoms with Crippen LogP contribution in [0.4, 0.5) is 0 Å². The van der Waals surface area contributed by atoms with Gasteiger partial charge in [-0.1, -0.05) is 19.8 Å². The zero-order chi connectivity index (χ0) is 8.97. The van der Waals surface area contributed by atoms with Gasteiger partial charge >= 0.3 is 0 Å². The fourth-order valence-electron chi connectivity index (χ4n) is 2.11. The monoisotopic (exact) mass is 170 g/mol. The Labute approximate surface area is 76.1 Å². The summed E-state index contributed by atoms with van der Waals surface area (Å²) in [6, 6.07) is 1.08. The Kier molecular flexibility index (Phi) is 4.02. The number of unbranched alkanes of at least 4 members (excludes halogenated alkanes) is 1. The van der Waals surface area contributed by atoms with Gasteiger partial charge in [-0.25, -0.2) is 0 Å². The molecule has 2 heteroatoms. The largest absolute Gasteiger partial charge is 0.326 e. The van der Waals surface area contributed by atoms with Gasteiger partial charge in [0.25, 0.3) is 0 Å². The highest BCUT2D eigenvalue weighted by Crippen LogP contribution is 2.19. The fraction of sp³-hybridized carbons (Fsp3) is 1.00. The molecule has 2 atom stereocenters. The van der Waals surface area contributed by atoms with Crippen molar-refractivity contribution in [3.63, 3.8) is 0 Å². The van der Waals surface area contributed by atoms with E-state index < -0.39 is 0 Å². The van der Waals surface area contributed by atoms with Crippen LogP contribution in [-0.2, 0) is 0 Å². The first kappa shape index (κ1) is 10.0. The summed E-state index contributed by atoms with van der Waals surface area (Å²) >= 11 is 0. The van der Waals surface area contributed by atoms with Crippen LogP contribution in [0.25, 0.3) is 0 Å². The van der Waals surface area contributed by atoms with E-state index in [1.165, 1.54) is 38.6 Å². The SMILES string of the molecule is CCCCC(N)C1CCCN1C. The summed E-state index contributed by atoms with van der Waals surface area (Å²) in [5.41, 5.74) is 6.11. The second-order valence-electron chi connectivity index (χ2n) is 4.00. The van der Waals surface area contributed by atoms with Crippen molar-refractivity contribution in [2.75, 3.05) is 13.6 Å². The van der Waals surface area contributed by atoms with Crippen molar-refractivity contribution in [2.24, 2.45) is 5.73 Å². The van der Waals surface area contributed by atoms with Gasteiger partial charge < -0.3 is 10.6 Å². The fourth-order valence-corrected chi connectivity index (χ4v) is 2.11. The molecule has 0 aromatic rings. The van der Waals surface area contributed by atoms with Crippen LogP contribution in [0.3, 0.4) is 0 Å². The zero-order valence-corrected chi connectivity index (χ0v) is 8.42. The number of rotatable bonds is 4. The molecule has 0 aliphatic carbocycles. The molecule has 2 N–H and O–H groups in total. The number of likely N-dealkylation sites (N-methyl/N-ethyl adjacent to an activating group) is 1. The van der Waals surface area contributed by atoms with Gasteiger partial charge in [0.2, 0.25) is 0 Å². The van der Waals surface area contributed by atoms with E-state index in [4.69, 9.17) is 5.73 Å². The van der Waals surface area contributed by atoms with Gasteiger partial charge in [-0.15, -0.1) is 0 Å². The number of nitrogens with two attached hydrogens (primary N) is 1. The van der Waals surface area contributed by atoms with E-state index >= 15 is 0 Å². The quantitative estimate of drug-likeness (QED) is 0.694. The highest BCUT2D eigenvalue weighted by molar-refractivity contribution is 4.85.